The number of thiocarbonyl (C=S) groups is 1. The molecule has 2 aliphatic rings. The minimum atomic E-state index is -0.363. The summed E-state index contributed by atoms with van der Waals surface area (Å²) in [4.78, 5) is 1.99. The number of hydrogen-bond donors (Lipinski definition) is 1. The van der Waals surface area contributed by atoms with Gasteiger partial charge in [-0.15, -0.1) is 0 Å². The first-order chi connectivity index (χ1) is 8.40. The maximum Gasteiger partial charge on any atom is 0.184 e. The second kappa shape index (κ2) is 3.84. The topological polar surface area (TPSA) is 24.5 Å². The van der Waals surface area contributed by atoms with Crippen molar-refractivity contribution in [3.8, 4) is 5.75 Å². The summed E-state index contributed by atoms with van der Waals surface area (Å²) in [7, 11) is 1.97. The third-order valence-corrected chi connectivity index (χ3v) is 4.79. The number of nitrogens with one attached hydrogen (secondary N) is 1. The van der Waals surface area contributed by atoms with E-state index in [1.54, 1.807) is 0 Å². The molecule has 96 valence electrons. The molecule has 1 saturated heterocycles. The molecule has 2 atom stereocenters. The Bertz CT molecular complexity index is 548. The van der Waals surface area contributed by atoms with Crippen molar-refractivity contribution >= 4 is 33.3 Å². The Morgan fingerprint density at radius 1 is 1.56 bits per heavy atom. The number of halogens is 1. The van der Waals surface area contributed by atoms with Gasteiger partial charge in [0.1, 0.15) is 5.75 Å². The summed E-state index contributed by atoms with van der Waals surface area (Å²) in [6, 6.07) is 4.49. The van der Waals surface area contributed by atoms with E-state index in [-0.39, 0.29) is 11.8 Å². The summed E-state index contributed by atoms with van der Waals surface area (Å²) in [6.07, 6.45) is 0.895. The number of rotatable bonds is 0. The molecule has 0 spiro atoms. The summed E-state index contributed by atoms with van der Waals surface area (Å²) >= 11 is 8.97. The maximum absolute atomic E-state index is 6.21. The van der Waals surface area contributed by atoms with Crippen molar-refractivity contribution in [1.29, 1.82) is 0 Å². The molecular formula is C13H15BrN2OS. The van der Waals surface area contributed by atoms with E-state index in [0.717, 1.165) is 21.8 Å². The van der Waals surface area contributed by atoms with Crippen molar-refractivity contribution in [2.45, 2.75) is 32.0 Å². The van der Waals surface area contributed by atoms with Crippen molar-refractivity contribution in [1.82, 2.24) is 10.2 Å². The average molecular weight is 327 g/mol. The lowest BCUT2D eigenvalue weighted by Crippen LogP contribution is -2.63. The molecular weight excluding hydrogens is 312 g/mol. The van der Waals surface area contributed by atoms with Crippen LogP contribution in [-0.2, 0) is 0 Å². The van der Waals surface area contributed by atoms with Crippen molar-refractivity contribution in [2.24, 2.45) is 0 Å². The number of nitrogens with zero attached hydrogens (tertiary/aromatic N) is 1. The molecule has 0 radical (unpaired) electrons. The fourth-order valence-corrected chi connectivity index (χ4v) is 3.67. The number of ether oxygens (including phenoxy) is 1. The fraction of sp³-hybridized carbons (Fsp3) is 0.462. The van der Waals surface area contributed by atoms with E-state index >= 15 is 0 Å². The Morgan fingerprint density at radius 3 is 3.00 bits per heavy atom. The van der Waals surface area contributed by atoms with Crippen molar-refractivity contribution in [3.63, 3.8) is 0 Å². The quantitative estimate of drug-likeness (QED) is 0.740. The SMILES string of the molecule is Cc1cc(Br)c2c(c1)C1CC(C)(O2)N(C)C(=S)N1. The predicted molar refractivity (Wildman–Crippen MR) is 78.8 cm³/mol. The molecule has 3 nitrogen and oxygen atoms in total. The van der Waals surface area contributed by atoms with Crippen LogP contribution in [0.2, 0.25) is 0 Å². The maximum atomic E-state index is 6.21. The van der Waals surface area contributed by atoms with Gasteiger partial charge >= 0.3 is 0 Å². The minimum Gasteiger partial charge on any atom is -0.467 e. The summed E-state index contributed by atoms with van der Waals surface area (Å²) in [5, 5.41) is 4.14. The number of hydrogen-bond acceptors (Lipinski definition) is 2. The standard InChI is InChI=1S/C13H15BrN2OS/c1-7-4-8-10-6-13(2,16(3)12(18)15-10)17-11(8)9(14)5-7/h4-5,10H,6H2,1-3H3,(H,15,18). The van der Waals surface area contributed by atoms with Gasteiger partial charge in [0.05, 0.1) is 10.5 Å². The molecule has 18 heavy (non-hydrogen) atoms. The van der Waals surface area contributed by atoms with Crippen LogP contribution in [0, 0.1) is 6.92 Å². The third-order valence-electron chi connectivity index (χ3n) is 3.81. The average Bonchev–Trinajstić information content (AvgIpc) is 2.28. The third kappa shape index (κ3) is 1.64. The number of benzene rings is 1. The van der Waals surface area contributed by atoms with Crippen LogP contribution in [0.15, 0.2) is 16.6 Å². The van der Waals surface area contributed by atoms with Gasteiger partial charge in [0.15, 0.2) is 10.8 Å². The van der Waals surface area contributed by atoms with E-state index in [1.165, 1.54) is 11.1 Å². The first kappa shape index (κ1) is 12.2. The second-order valence-corrected chi connectivity index (χ2v) is 6.45. The minimum absolute atomic E-state index is 0.235. The summed E-state index contributed by atoms with van der Waals surface area (Å²) in [5.41, 5.74) is 2.05. The predicted octanol–water partition coefficient (Wildman–Crippen LogP) is 3.12. The fourth-order valence-electron chi connectivity index (χ4n) is 2.67. The Hall–Kier alpha value is -0.810. The van der Waals surface area contributed by atoms with Gasteiger partial charge in [-0.1, -0.05) is 6.07 Å². The van der Waals surface area contributed by atoms with E-state index < -0.39 is 0 Å². The zero-order valence-corrected chi connectivity index (χ0v) is 13.0. The van der Waals surface area contributed by atoms with Gasteiger partial charge < -0.3 is 15.0 Å². The molecule has 2 aliphatic heterocycles. The first-order valence-corrected chi connectivity index (χ1v) is 7.14. The molecule has 3 rings (SSSR count). The van der Waals surface area contributed by atoms with Crippen LogP contribution in [0.25, 0.3) is 0 Å². The molecule has 2 unspecified atom stereocenters. The molecule has 0 aliphatic carbocycles. The molecule has 1 aromatic carbocycles. The highest BCUT2D eigenvalue weighted by Crippen LogP contribution is 2.46. The van der Waals surface area contributed by atoms with Crippen LogP contribution >= 0.6 is 28.1 Å². The Morgan fingerprint density at radius 2 is 2.28 bits per heavy atom. The van der Waals surface area contributed by atoms with E-state index in [0.29, 0.717) is 0 Å². The van der Waals surface area contributed by atoms with Gasteiger partial charge in [0, 0.05) is 19.0 Å². The van der Waals surface area contributed by atoms with Crippen LogP contribution in [0.5, 0.6) is 5.75 Å². The van der Waals surface area contributed by atoms with E-state index in [4.69, 9.17) is 17.0 Å². The molecule has 0 amide bonds. The van der Waals surface area contributed by atoms with Crippen LogP contribution < -0.4 is 10.1 Å². The molecule has 1 N–H and O–H groups in total. The summed E-state index contributed by atoms with van der Waals surface area (Å²) in [5.74, 6) is 0.932. The number of aryl methyl sites for hydroxylation is 1. The Balaban J connectivity index is 2.17. The van der Waals surface area contributed by atoms with Gasteiger partial charge in [-0.2, -0.15) is 0 Å². The highest BCUT2D eigenvalue weighted by molar-refractivity contribution is 9.10. The number of fused-ring (bicyclic) bond motifs is 4. The van der Waals surface area contributed by atoms with E-state index in [9.17, 15) is 0 Å². The zero-order valence-electron chi connectivity index (χ0n) is 10.6. The summed E-state index contributed by atoms with van der Waals surface area (Å²) in [6.45, 7) is 4.18. The van der Waals surface area contributed by atoms with Gasteiger partial charge in [0.2, 0.25) is 0 Å². The van der Waals surface area contributed by atoms with E-state index in [1.807, 2.05) is 11.9 Å². The second-order valence-electron chi connectivity index (χ2n) is 5.21. The van der Waals surface area contributed by atoms with Gasteiger partial charge in [-0.3, -0.25) is 0 Å². The zero-order chi connectivity index (χ0) is 13.1. The van der Waals surface area contributed by atoms with Crippen LogP contribution in [0.1, 0.15) is 30.5 Å². The normalized spacial score (nSPS) is 29.4. The highest BCUT2D eigenvalue weighted by Gasteiger charge is 2.46. The van der Waals surface area contributed by atoms with Crippen molar-refractivity contribution in [3.05, 3.63) is 27.7 Å². The van der Waals surface area contributed by atoms with Crippen LogP contribution in [0.4, 0.5) is 0 Å². The molecule has 2 bridgehead atoms. The smallest absolute Gasteiger partial charge is 0.184 e. The molecule has 1 aromatic rings. The monoisotopic (exact) mass is 326 g/mol. The Labute approximate surface area is 121 Å². The molecule has 0 aromatic heterocycles. The van der Waals surface area contributed by atoms with Gasteiger partial charge in [-0.05, 0) is 53.6 Å². The first-order valence-electron chi connectivity index (χ1n) is 5.94. The van der Waals surface area contributed by atoms with Gasteiger partial charge in [0.25, 0.3) is 0 Å². The lowest BCUT2D eigenvalue weighted by atomic mass is 9.90. The Kier molecular flexibility index (Phi) is 2.61. The molecule has 0 saturated carbocycles. The largest absolute Gasteiger partial charge is 0.467 e. The highest BCUT2D eigenvalue weighted by atomic mass is 79.9. The molecule has 1 fully saturated rings. The molecule has 5 heteroatoms. The summed E-state index contributed by atoms with van der Waals surface area (Å²) < 4.78 is 7.22. The lowest BCUT2D eigenvalue weighted by Gasteiger charge is -2.51. The van der Waals surface area contributed by atoms with Crippen LogP contribution in [-0.4, -0.2) is 22.8 Å². The van der Waals surface area contributed by atoms with E-state index in [2.05, 4.69) is 47.2 Å². The molecule has 2 heterocycles. The lowest BCUT2D eigenvalue weighted by molar-refractivity contribution is -0.0568. The van der Waals surface area contributed by atoms with Gasteiger partial charge in [-0.25, -0.2) is 0 Å². The van der Waals surface area contributed by atoms with Crippen LogP contribution in [0.3, 0.4) is 0 Å². The van der Waals surface area contributed by atoms with Crippen molar-refractivity contribution in [2.75, 3.05) is 7.05 Å². The van der Waals surface area contributed by atoms with Crippen molar-refractivity contribution < 1.29 is 4.74 Å².